The minimum absolute atomic E-state index is 0.0711. The minimum atomic E-state index is -0.777. The Morgan fingerprint density at radius 1 is 1.45 bits per heavy atom. The Kier molecular flexibility index (Phi) is 5.11. The number of imide groups is 1. The first kappa shape index (κ1) is 16.0. The third kappa shape index (κ3) is 4.05. The average Bonchev–Trinajstić information content (AvgIpc) is 2.92. The van der Waals surface area contributed by atoms with Crippen molar-refractivity contribution in [1.29, 1.82) is 0 Å². The van der Waals surface area contributed by atoms with Crippen molar-refractivity contribution in [3.63, 3.8) is 0 Å². The van der Waals surface area contributed by atoms with Crippen LogP contribution in [0.4, 0.5) is 9.18 Å². The maximum absolute atomic E-state index is 13.0. The number of amides is 2. The summed E-state index contributed by atoms with van der Waals surface area (Å²) in [6, 6.07) is 3.93. The highest BCUT2D eigenvalue weighted by molar-refractivity contribution is 6.30. The Hall–Kier alpha value is -2.41. The van der Waals surface area contributed by atoms with Crippen LogP contribution in [0.1, 0.15) is 5.56 Å². The summed E-state index contributed by atoms with van der Waals surface area (Å²) in [5, 5.41) is -0.0711. The molecule has 8 heteroatoms. The molecular formula is C14H11ClFNO5. The summed E-state index contributed by atoms with van der Waals surface area (Å²) in [6.07, 6.45) is 1.68. The van der Waals surface area contributed by atoms with Crippen LogP contribution in [0, 0.1) is 5.82 Å². The maximum Gasteiger partial charge on any atom is 0.416 e. The van der Waals surface area contributed by atoms with E-state index in [2.05, 4.69) is 4.74 Å². The van der Waals surface area contributed by atoms with Crippen LogP contribution in [-0.4, -0.2) is 42.6 Å². The number of carbonyl (C=O) groups excluding carboxylic acids is 3. The van der Waals surface area contributed by atoms with Crippen molar-refractivity contribution < 1.29 is 28.2 Å². The van der Waals surface area contributed by atoms with Crippen molar-refractivity contribution in [2.75, 3.05) is 19.8 Å². The average molecular weight is 328 g/mol. The van der Waals surface area contributed by atoms with Gasteiger partial charge in [0.05, 0.1) is 11.6 Å². The summed E-state index contributed by atoms with van der Waals surface area (Å²) in [7, 11) is 0. The molecule has 0 aromatic heterocycles. The largest absolute Gasteiger partial charge is 0.452 e. The molecule has 1 saturated heterocycles. The lowest BCUT2D eigenvalue weighted by Crippen LogP contribution is -2.35. The van der Waals surface area contributed by atoms with Gasteiger partial charge in [0.2, 0.25) is 0 Å². The highest BCUT2D eigenvalue weighted by Gasteiger charge is 2.28. The summed E-state index contributed by atoms with van der Waals surface area (Å²) in [5.74, 6) is -2.00. The van der Waals surface area contributed by atoms with Gasteiger partial charge >= 0.3 is 12.1 Å². The number of hydrogen-bond donors (Lipinski definition) is 0. The molecule has 116 valence electrons. The SMILES string of the molecule is O=C(/C=C/c1ccc(F)c(Cl)c1)OCC(=O)N1CCOC1=O. The Bertz CT molecular complexity index is 646. The fourth-order valence-electron chi connectivity index (χ4n) is 1.66. The van der Waals surface area contributed by atoms with E-state index in [1.54, 1.807) is 0 Å². The minimum Gasteiger partial charge on any atom is -0.452 e. The molecule has 22 heavy (non-hydrogen) atoms. The molecule has 6 nitrogen and oxygen atoms in total. The van der Waals surface area contributed by atoms with E-state index >= 15 is 0 Å². The first-order valence-electron chi connectivity index (χ1n) is 6.24. The van der Waals surface area contributed by atoms with Gasteiger partial charge < -0.3 is 9.47 Å². The normalized spacial score (nSPS) is 14.3. The summed E-state index contributed by atoms with van der Waals surface area (Å²) < 4.78 is 22.3. The molecule has 0 saturated carbocycles. The van der Waals surface area contributed by atoms with Crippen LogP contribution in [0.5, 0.6) is 0 Å². The lowest BCUT2D eigenvalue weighted by atomic mass is 10.2. The lowest BCUT2D eigenvalue weighted by Gasteiger charge is -2.09. The van der Waals surface area contributed by atoms with Gasteiger partial charge in [-0.2, -0.15) is 0 Å². The number of cyclic esters (lactones) is 1. The molecule has 0 aliphatic carbocycles. The van der Waals surface area contributed by atoms with E-state index in [0.717, 1.165) is 17.0 Å². The first-order valence-corrected chi connectivity index (χ1v) is 6.62. The van der Waals surface area contributed by atoms with Crippen molar-refractivity contribution >= 4 is 35.6 Å². The lowest BCUT2D eigenvalue weighted by molar-refractivity contribution is -0.146. The van der Waals surface area contributed by atoms with Gasteiger partial charge in [0.1, 0.15) is 12.4 Å². The Morgan fingerprint density at radius 2 is 2.23 bits per heavy atom. The molecule has 2 amide bonds. The summed E-state index contributed by atoms with van der Waals surface area (Å²) in [5.41, 5.74) is 0.498. The number of ether oxygens (including phenoxy) is 2. The molecule has 0 spiro atoms. The highest BCUT2D eigenvalue weighted by Crippen LogP contribution is 2.16. The molecule has 0 radical (unpaired) electrons. The van der Waals surface area contributed by atoms with Gasteiger partial charge in [-0.05, 0) is 23.8 Å². The second-order valence-electron chi connectivity index (χ2n) is 4.27. The molecule has 0 N–H and O–H groups in total. The van der Waals surface area contributed by atoms with Crippen LogP contribution in [-0.2, 0) is 19.1 Å². The third-order valence-electron chi connectivity index (χ3n) is 2.76. The van der Waals surface area contributed by atoms with Crippen LogP contribution in [0.2, 0.25) is 5.02 Å². The van der Waals surface area contributed by atoms with Gasteiger partial charge in [-0.3, -0.25) is 4.79 Å². The molecule has 1 aliphatic heterocycles. The number of benzene rings is 1. The molecule has 0 unspecified atom stereocenters. The van der Waals surface area contributed by atoms with Crippen LogP contribution in [0.3, 0.4) is 0 Å². The second-order valence-corrected chi connectivity index (χ2v) is 4.68. The van der Waals surface area contributed by atoms with E-state index in [4.69, 9.17) is 16.3 Å². The number of nitrogens with zero attached hydrogens (tertiary/aromatic N) is 1. The Labute approximate surface area is 130 Å². The highest BCUT2D eigenvalue weighted by atomic mass is 35.5. The molecule has 2 rings (SSSR count). The Balaban J connectivity index is 1.84. The topological polar surface area (TPSA) is 72.9 Å². The zero-order valence-electron chi connectivity index (χ0n) is 11.3. The summed E-state index contributed by atoms with van der Waals surface area (Å²) in [4.78, 5) is 35.0. The van der Waals surface area contributed by atoms with Crippen molar-refractivity contribution in [1.82, 2.24) is 4.90 Å². The van der Waals surface area contributed by atoms with E-state index in [-0.39, 0.29) is 18.2 Å². The molecule has 1 aliphatic rings. The maximum atomic E-state index is 13.0. The number of rotatable bonds is 4. The van der Waals surface area contributed by atoms with Gasteiger partial charge in [0.15, 0.2) is 6.61 Å². The zero-order valence-corrected chi connectivity index (χ0v) is 12.0. The monoisotopic (exact) mass is 327 g/mol. The smallest absolute Gasteiger partial charge is 0.416 e. The van der Waals surface area contributed by atoms with E-state index in [0.29, 0.717) is 5.56 Å². The summed E-state index contributed by atoms with van der Waals surface area (Å²) in [6.45, 7) is -0.300. The fraction of sp³-hybridized carbons (Fsp3) is 0.214. The van der Waals surface area contributed by atoms with Gasteiger partial charge in [-0.15, -0.1) is 0 Å². The van der Waals surface area contributed by atoms with Crippen LogP contribution in [0.25, 0.3) is 6.08 Å². The molecule has 1 heterocycles. The quantitative estimate of drug-likeness (QED) is 0.625. The number of carbonyl (C=O) groups is 3. The number of esters is 1. The van der Waals surface area contributed by atoms with Crippen molar-refractivity contribution in [2.45, 2.75) is 0 Å². The van der Waals surface area contributed by atoms with Crippen LogP contribution < -0.4 is 0 Å². The Morgan fingerprint density at radius 3 is 2.86 bits per heavy atom. The molecule has 0 atom stereocenters. The summed E-state index contributed by atoms with van der Waals surface area (Å²) >= 11 is 5.60. The van der Waals surface area contributed by atoms with Crippen molar-refractivity contribution in [3.8, 4) is 0 Å². The van der Waals surface area contributed by atoms with E-state index in [9.17, 15) is 18.8 Å². The number of hydrogen-bond acceptors (Lipinski definition) is 5. The zero-order chi connectivity index (χ0) is 16.1. The predicted octanol–water partition coefficient (Wildman–Crippen LogP) is 2.01. The van der Waals surface area contributed by atoms with Gasteiger partial charge in [0, 0.05) is 6.08 Å². The van der Waals surface area contributed by atoms with Crippen LogP contribution >= 0.6 is 11.6 Å². The van der Waals surface area contributed by atoms with E-state index in [1.807, 2.05) is 0 Å². The van der Waals surface area contributed by atoms with Crippen LogP contribution in [0.15, 0.2) is 24.3 Å². The van der Waals surface area contributed by atoms with Crippen molar-refractivity contribution in [2.24, 2.45) is 0 Å². The third-order valence-corrected chi connectivity index (χ3v) is 3.04. The molecule has 1 aromatic carbocycles. The van der Waals surface area contributed by atoms with Gasteiger partial charge in [-0.1, -0.05) is 17.7 Å². The standard InChI is InChI=1S/C14H11ClFNO5/c15-10-7-9(1-3-11(10)16)2-4-13(19)22-8-12(18)17-5-6-21-14(17)20/h1-4,7H,5-6,8H2/b4-2+. The van der Waals surface area contributed by atoms with E-state index in [1.165, 1.54) is 18.2 Å². The van der Waals surface area contributed by atoms with E-state index < -0.39 is 30.4 Å². The van der Waals surface area contributed by atoms with Gasteiger partial charge in [0.25, 0.3) is 5.91 Å². The van der Waals surface area contributed by atoms with Crippen molar-refractivity contribution in [3.05, 3.63) is 40.7 Å². The molecule has 1 fully saturated rings. The molecule has 1 aromatic rings. The predicted molar refractivity (Wildman–Crippen MR) is 74.5 cm³/mol. The first-order chi connectivity index (χ1) is 10.5. The van der Waals surface area contributed by atoms with Gasteiger partial charge in [-0.25, -0.2) is 18.9 Å². The second kappa shape index (κ2) is 7.04. The molecular weight excluding hydrogens is 317 g/mol. The number of halogens is 2. The fourth-order valence-corrected chi connectivity index (χ4v) is 1.85. The molecule has 0 bridgehead atoms.